The van der Waals surface area contributed by atoms with Crippen LogP contribution in [0.3, 0.4) is 0 Å². The van der Waals surface area contributed by atoms with Gasteiger partial charge in [-0.05, 0) is 18.6 Å². The van der Waals surface area contributed by atoms with Crippen molar-refractivity contribution in [2.45, 2.75) is 26.6 Å². The molecule has 3 heterocycles. The molecule has 0 aliphatic carbocycles. The Hall–Kier alpha value is -4.20. The molecule has 0 aliphatic heterocycles. The SMILES string of the molecule is CCn1cnc2c1c(=O)n(CC(=O)c1c[nH]c3ccccc13)c(=O)n2Cc1ccccc1. The number of aromatic amines is 1. The van der Waals surface area contributed by atoms with E-state index in [0.717, 1.165) is 21.0 Å². The van der Waals surface area contributed by atoms with Gasteiger partial charge in [-0.25, -0.2) is 9.78 Å². The number of carbonyl (C=O) groups excluding carboxylic acids is 1. The number of benzene rings is 2. The quantitative estimate of drug-likeness (QED) is 0.422. The molecular formula is C24H21N5O3. The molecule has 0 radical (unpaired) electrons. The van der Waals surface area contributed by atoms with Gasteiger partial charge in [-0.1, -0.05) is 48.5 Å². The Labute approximate surface area is 182 Å². The van der Waals surface area contributed by atoms with Gasteiger partial charge in [-0.15, -0.1) is 0 Å². The number of nitrogens with zero attached hydrogens (tertiary/aromatic N) is 4. The van der Waals surface area contributed by atoms with E-state index in [1.165, 1.54) is 4.57 Å². The lowest BCUT2D eigenvalue weighted by atomic mass is 10.1. The lowest BCUT2D eigenvalue weighted by Gasteiger charge is -2.12. The zero-order valence-electron chi connectivity index (χ0n) is 17.5. The van der Waals surface area contributed by atoms with Gasteiger partial charge in [-0.2, -0.15) is 0 Å². The Morgan fingerprint density at radius 2 is 1.75 bits per heavy atom. The van der Waals surface area contributed by atoms with E-state index in [1.807, 2.05) is 61.5 Å². The largest absolute Gasteiger partial charge is 0.360 e. The van der Waals surface area contributed by atoms with Crippen LogP contribution in [-0.2, 0) is 19.6 Å². The number of H-pyrrole nitrogens is 1. The van der Waals surface area contributed by atoms with E-state index in [-0.39, 0.29) is 18.9 Å². The number of Topliss-reactive ketones (excluding diaryl/α,β-unsaturated/α-hetero) is 1. The second-order valence-corrected chi connectivity index (χ2v) is 7.62. The van der Waals surface area contributed by atoms with Crippen LogP contribution >= 0.6 is 0 Å². The van der Waals surface area contributed by atoms with Gasteiger partial charge in [0.05, 0.1) is 19.4 Å². The van der Waals surface area contributed by atoms with Crippen molar-refractivity contribution in [2.24, 2.45) is 0 Å². The van der Waals surface area contributed by atoms with Crippen LogP contribution in [0.2, 0.25) is 0 Å². The highest BCUT2D eigenvalue weighted by Gasteiger charge is 2.21. The molecule has 0 unspecified atom stereocenters. The van der Waals surface area contributed by atoms with E-state index in [0.29, 0.717) is 23.3 Å². The summed E-state index contributed by atoms with van der Waals surface area (Å²) in [5.41, 5.74) is 1.74. The highest BCUT2D eigenvalue weighted by atomic mass is 16.2. The van der Waals surface area contributed by atoms with Crippen LogP contribution in [0.1, 0.15) is 22.8 Å². The first-order valence-corrected chi connectivity index (χ1v) is 10.4. The van der Waals surface area contributed by atoms with Crippen LogP contribution in [0, 0.1) is 0 Å². The highest BCUT2D eigenvalue weighted by Crippen LogP contribution is 2.18. The van der Waals surface area contributed by atoms with Gasteiger partial charge in [0, 0.05) is 29.2 Å². The molecule has 1 N–H and O–H groups in total. The average molecular weight is 427 g/mol. The number of imidazole rings is 1. The van der Waals surface area contributed by atoms with E-state index < -0.39 is 11.2 Å². The fourth-order valence-corrected chi connectivity index (χ4v) is 4.06. The van der Waals surface area contributed by atoms with Gasteiger partial charge in [0.25, 0.3) is 5.56 Å². The minimum atomic E-state index is -0.555. The predicted molar refractivity (Wildman–Crippen MR) is 122 cm³/mol. The van der Waals surface area contributed by atoms with Crippen LogP contribution in [0.4, 0.5) is 0 Å². The maximum atomic E-state index is 13.4. The Morgan fingerprint density at radius 3 is 2.53 bits per heavy atom. The predicted octanol–water partition coefficient (Wildman–Crippen LogP) is 2.79. The number of nitrogens with one attached hydrogen (secondary N) is 1. The lowest BCUT2D eigenvalue weighted by Crippen LogP contribution is -2.42. The van der Waals surface area contributed by atoms with Crippen molar-refractivity contribution >= 4 is 27.9 Å². The summed E-state index contributed by atoms with van der Waals surface area (Å²) in [5, 5.41) is 0.759. The zero-order valence-corrected chi connectivity index (χ0v) is 17.5. The van der Waals surface area contributed by atoms with E-state index in [2.05, 4.69) is 9.97 Å². The minimum Gasteiger partial charge on any atom is -0.360 e. The van der Waals surface area contributed by atoms with Crippen LogP contribution in [0.15, 0.2) is 76.7 Å². The molecule has 5 rings (SSSR count). The first-order valence-electron chi connectivity index (χ1n) is 10.4. The Bertz CT molecular complexity index is 1570. The highest BCUT2D eigenvalue weighted by molar-refractivity contribution is 6.07. The summed E-state index contributed by atoms with van der Waals surface area (Å²) < 4.78 is 4.18. The molecule has 0 aliphatic rings. The zero-order chi connectivity index (χ0) is 22.2. The number of ketones is 1. The number of fused-ring (bicyclic) bond motifs is 2. The standard InChI is InChI=1S/C24H21N5O3/c1-2-27-15-26-22-21(27)23(31)29(24(32)28(22)13-16-8-4-3-5-9-16)14-20(30)18-12-25-19-11-7-6-10-17(18)19/h3-12,15,25H,2,13-14H2,1H3. The van der Waals surface area contributed by atoms with Gasteiger partial charge < -0.3 is 9.55 Å². The molecular weight excluding hydrogens is 406 g/mol. The van der Waals surface area contributed by atoms with Crippen molar-refractivity contribution in [3.8, 4) is 0 Å². The Kier molecular flexibility index (Phi) is 4.82. The van der Waals surface area contributed by atoms with E-state index >= 15 is 0 Å². The smallest absolute Gasteiger partial charge is 0.333 e. The molecule has 0 amide bonds. The molecule has 160 valence electrons. The molecule has 8 heteroatoms. The van der Waals surface area contributed by atoms with Crippen LogP contribution in [-0.4, -0.2) is 29.5 Å². The summed E-state index contributed by atoms with van der Waals surface area (Å²) in [6.45, 7) is 2.32. The van der Waals surface area contributed by atoms with Gasteiger partial charge in [0.15, 0.2) is 16.9 Å². The first-order chi connectivity index (χ1) is 15.6. The summed E-state index contributed by atoms with van der Waals surface area (Å²) in [4.78, 5) is 47.2. The molecule has 0 fully saturated rings. The molecule has 0 saturated carbocycles. The van der Waals surface area contributed by atoms with E-state index in [9.17, 15) is 14.4 Å². The minimum absolute atomic E-state index is 0.248. The second-order valence-electron chi connectivity index (χ2n) is 7.62. The molecule has 0 saturated heterocycles. The van der Waals surface area contributed by atoms with Gasteiger partial charge in [0.2, 0.25) is 0 Å². The number of carbonyl (C=O) groups is 1. The van der Waals surface area contributed by atoms with Gasteiger partial charge in [0.1, 0.15) is 0 Å². The second kappa shape index (κ2) is 7.81. The fourth-order valence-electron chi connectivity index (χ4n) is 4.06. The number of rotatable bonds is 6. The summed E-state index contributed by atoms with van der Waals surface area (Å²) in [6, 6.07) is 16.9. The topological polar surface area (TPSA) is 94.7 Å². The fraction of sp³-hybridized carbons (Fsp3) is 0.167. The molecule has 0 spiro atoms. The molecule has 3 aromatic heterocycles. The van der Waals surface area contributed by atoms with Crippen molar-refractivity contribution in [2.75, 3.05) is 0 Å². The molecule has 0 atom stereocenters. The Balaban J connectivity index is 1.66. The van der Waals surface area contributed by atoms with Crippen LogP contribution < -0.4 is 11.2 Å². The van der Waals surface area contributed by atoms with E-state index in [1.54, 1.807) is 17.1 Å². The molecule has 0 bridgehead atoms. The maximum Gasteiger partial charge on any atom is 0.333 e. The number of hydrogen-bond acceptors (Lipinski definition) is 4. The summed E-state index contributed by atoms with van der Waals surface area (Å²) in [6.07, 6.45) is 3.17. The van der Waals surface area contributed by atoms with Crippen molar-refractivity contribution in [1.29, 1.82) is 0 Å². The summed E-state index contributed by atoms with van der Waals surface area (Å²) in [7, 11) is 0. The average Bonchev–Trinajstić information content (AvgIpc) is 3.44. The van der Waals surface area contributed by atoms with Crippen molar-refractivity contribution in [3.63, 3.8) is 0 Å². The molecule has 5 aromatic rings. The first kappa shape index (κ1) is 19.7. The number of hydrogen-bond donors (Lipinski definition) is 1. The van der Waals surface area contributed by atoms with Crippen molar-refractivity contribution in [1.82, 2.24) is 23.7 Å². The van der Waals surface area contributed by atoms with Gasteiger partial charge >= 0.3 is 5.69 Å². The van der Waals surface area contributed by atoms with E-state index in [4.69, 9.17) is 0 Å². The molecule has 32 heavy (non-hydrogen) atoms. The van der Waals surface area contributed by atoms with Crippen molar-refractivity contribution in [3.05, 3.63) is 99.1 Å². The van der Waals surface area contributed by atoms with Crippen LogP contribution in [0.25, 0.3) is 22.1 Å². The third kappa shape index (κ3) is 3.17. The lowest BCUT2D eigenvalue weighted by molar-refractivity contribution is 0.0970. The number of aryl methyl sites for hydroxylation is 1. The number of aromatic nitrogens is 5. The van der Waals surface area contributed by atoms with Crippen molar-refractivity contribution < 1.29 is 4.79 Å². The molecule has 8 nitrogen and oxygen atoms in total. The molecule has 2 aromatic carbocycles. The van der Waals surface area contributed by atoms with Crippen LogP contribution in [0.5, 0.6) is 0 Å². The maximum absolute atomic E-state index is 13.4. The summed E-state index contributed by atoms with van der Waals surface area (Å²) >= 11 is 0. The summed E-state index contributed by atoms with van der Waals surface area (Å²) in [5.74, 6) is -0.310. The normalized spacial score (nSPS) is 11.4. The Morgan fingerprint density at radius 1 is 1.00 bits per heavy atom. The number of para-hydroxylation sites is 1. The van der Waals surface area contributed by atoms with Gasteiger partial charge in [-0.3, -0.25) is 18.7 Å². The third-order valence-corrected chi connectivity index (χ3v) is 5.70. The third-order valence-electron chi connectivity index (χ3n) is 5.70. The monoisotopic (exact) mass is 427 g/mol.